The molecule has 3 aromatic rings. The summed E-state index contributed by atoms with van der Waals surface area (Å²) in [4.78, 5) is 15.7. The molecule has 38 heavy (non-hydrogen) atoms. The lowest BCUT2D eigenvalue weighted by Crippen LogP contribution is -2.40. The molecule has 5 heterocycles. The first-order chi connectivity index (χ1) is 18.1. The quantitative estimate of drug-likeness (QED) is 0.362. The van der Waals surface area contributed by atoms with Crippen molar-refractivity contribution < 1.29 is 22.0 Å². The van der Waals surface area contributed by atoms with Gasteiger partial charge in [0.25, 0.3) is 0 Å². The zero-order valence-electron chi connectivity index (χ0n) is 21.1. The van der Waals surface area contributed by atoms with E-state index in [1.54, 1.807) is 10.7 Å². The van der Waals surface area contributed by atoms with Crippen molar-refractivity contribution in [3.8, 4) is 11.3 Å². The number of likely N-dealkylation sites (tertiary alicyclic amines) is 1. The van der Waals surface area contributed by atoms with Crippen molar-refractivity contribution in [2.45, 2.75) is 64.1 Å². The number of pyridine rings is 1. The molecule has 0 radical (unpaired) electrons. The number of nitrogens with one attached hydrogen (secondary N) is 1. The first kappa shape index (κ1) is 26.5. The summed E-state index contributed by atoms with van der Waals surface area (Å²) in [6.45, 7) is 3.11. The van der Waals surface area contributed by atoms with E-state index in [-0.39, 0.29) is 24.9 Å². The summed E-state index contributed by atoms with van der Waals surface area (Å²) >= 11 is 0. The van der Waals surface area contributed by atoms with Crippen molar-refractivity contribution in [2.24, 2.45) is 10.9 Å². The molecule has 5 rings (SSSR count). The van der Waals surface area contributed by atoms with Gasteiger partial charge in [-0.25, -0.2) is 18.3 Å². The maximum absolute atomic E-state index is 12.7. The SMILES string of the molecule is CC1=Nc2ccc(-c3ccn4nc(NC5CCN(CCC(F)(F)F)CC5)ncc34)nc2C[C@@H]1CCC(F)F. The van der Waals surface area contributed by atoms with Crippen LogP contribution in [-0.4, -0.2) is 68.5 Å². The Morgan fingerprint density at radius 2 is 1.92 bits per heavy atom. The van der Waals surface area contributed by atoms with Crippen molar-refractivity contribution in [1.82, 2.24) is 24.5 Å². The number of aliphatic imine (C=N–C) groups is 1. The smallest absolute Gasteiger partial charge is 0.350 e. The monoisotopic (exact) mass is 535 g/mol. The maximum atomic E-state index is 12.7. The number of piperidine rings is 1. The van der Waals surface area contributed by atoms with Gasteiger partial charge in [-0.05, 0) is 50.8 Å². The van der Waals surface area contributed by atoms with Crippen molar-refractivity contribution in [3.05, 3.63) is 36.3 Å². The fraction of sp³-hybridized carbons (Fsp3) is 0.538. The predicted octanol–water partition coefficient (Wildman–Crippen LogP) is 5.93. The van der Waals surface area contributed by atoms with Gasteiger partial charge >= 0.3 is 6.18 Å². The Kier molecular flexibility index (Phi) is 7.60. The molecule has 1 N–H and O–H groups in total. The Labute approximate surface area is 217 Å². The predicted molar refractivity (Wildman–Crippen MR) is 135 cm³/mol. The van der Waals surface area contributed by atoms with Crippen LogP contribution >= 0.6 is 0 Å². The van der Waals surface area contributed by atoms with E-state index < -0.39 is 19.0 Å². The highest BCUT2D eigenvalue weighted by molar-refractivity contribution is 5.89. The minimum absolute atomic E-state index is 0.0316. The fourth-order valence-corrected chi connectivity index (χ4v) is 5.15. The van der Waals surface area contributed by atoms with Gasteiger partial charge in [0.05, 0.1) is 35.2 Å². The van der Waals surface area contributed by atoms with Crippen molar-refractivity contribution in [3.63, 3.8) is 0 Å². The number of aromatic nitrogens is 4. The lowest BCUT2D eigenvalue weighted by Gasteiger charge is -2.32. The fourth-order valence-electron chi connectivity index (χ4n) is 5.15. The highest BCUT2D eigenvalue weighted by atomic mass is 19.4. The lowest BCUT2D eigenvalue weighted by molar-refractivity contribution is -0.138. The number of fused-ring (bicyclic) bond motifs is 2. The molecular weight excluding hydrogens is 505 g/mol. The molecule has 7 nitrogen and oxygen atoms in total. The summed E-state index contributed by atoms with van der Waals surface area (Å²) in [5, 5.41) is 7.87. The molecule has 0 aromatic carbocycles. The van der Waals surface area contributed by atoms with Crippen molar-refractivity contribution in [2.75, 3.05) is 25.0 Å². The molecule has 2 aliphatic heterocycles. The first-order valence-electron chi connectivity index (χ1n) is 12.9. The Morgan fingerprint density at radius 1 is 1.13 bits per heavy atom. The van der Waals surface area contributed by atoms with Gasteiger partial charge in [-0.3, -0.25) is 9.98 Å². The van der Waals surface area contributed by atoms with Gasteiger partial charge in [0.2, 0.25) is 12.4 Å². The second kappa shape index (κ2) is 10.9. The highest BCUT2D eigenvalue weighted by Crippen LogP contribution is 2.33. The summed E-state index contributed by atoms with van der Waals surface area (Å²) in [5.41, 5.74) is 4.80. The van der Waals surface area contributed by atoms with Crippen LogP contribution in [0.15, 0.2) is 35.6 Å². The van der Waals surface area contributed by atoms with Crippen LogP contribution in [0.25, 0.3) is 16.8 Å². The number of halogens is 5. The molecule has 204 valence electrons. The standard InChI is InChI=1S/C26H30F5N7/c1-16-17(2-5-24(27)28)14-22-21(33-16)4-3-20(35-22)19-8-12-38-23(19)15-32-25(36-38)34-18-6-10-37(11-7-18)13-9-26(29,30)31/h3-4,8,12,15,17-18,24H,2,5-7,9-11,13-14H2,1H3,(H,34,36)/t17-/m0/s1. The van der Waals surface area contributed by atoms with Crippen LogP contribution in [0.3, 0.4) is 0 Å². The van der Waals surface area contributed by atoms with E-state index in [1.807, 2.05) is 36.2 Å². The number of nitrogens with zero attached hydrogens (tertiary/aromatic N) is 6. The van der Waals surface area contributed by atoms with Crippen LogP contribution in [0, 0.1) is 5.92 Å². The Balaban J connectivity index is 1.25. The molecule has 1 atom stereocenters. The molecule has 12 heteroatoms. The van der Waals surface area contributed by atoms with Gasteiger partial charge in [0, 0.05) is 55.5 Å². The van der Waals surface area contributed by atoms with E-state index in [1.165, 1.54) is 0 Å². The summed E-state index contributed by atoms with van der Waals surface area (Å²) in [5.74, 6) is 0.414. The molecule has 1 fully saturated rings. The van der Waals surface area contributed by atoms with Crippen LogP contribution in [0.5, 0.6) is 0 Å². The number of rotatable bonds is 8. The van der Waals surface area contributed by atoms with Crippen LogP contribution in [-0.2, 0) is 6.42 Å². The van der Waals surface area contributed by atoms with Gasteiger partial charge in [-0.15, -0.1) is 5.10 Å². The number of alkyl halides is 5. The van der Waals surface area contributed by atoms with Crippen LogP contribution in [0.2, 0.25) is 0 Å². The van der Waals surface area contributed by atoms with E-state index in [0.29, 0.717) is 31.9 Å². The van der Waals surface area contributed by atoms with E-state index in [9.17, 15) is 22.0 Å². The van der Waals surface area contributed by atoms with Crippen LogP contribution in [0.1, 0.15) is 44.7 Å². The lowest BCUT2D eigenvalue weighted by atomic mass is 9.90. The molecule has 0 unspecified atom stereocenters. The zero-order valence-corrected chi connectivity index (χ0v) is 21.1. The van der Waals surface area contributed by atoms with Gasteiger partial charge < -0.3 is 10.2 Å². The maximum Gasteiger partial charge on any atom is 0.390 e. The third kappa shape index (κ3) is 6.28. The van der Waals surface area contributed by atoms with E-state index >= 15 is 0 Å². The van der Waals surface area contributed by atoms with Crippen molar-refractivity contribution >= 4 is 22.9 Å². The largest absolute Gasteiger partial charge is 0.390 e. The molecule has 2 aliphatic rings. The molecule has 0 amide bonds. The number of anilines is 1. The van der Waals surface area contributed by atoms with Gasteiger partial charge in [0.15, 0.2) is 0 Å². The molecule has 1 saturated heterocycles. The first-order valence-corrected chi connectivity index (χ1v) is 12.9. The molecule has 0 spiro atoms. The normalized spacial score (nSPS) is 19.1. The molecule has 3 aromatic heterocycles. The molecule has 0 bridgehead atoms. The van der Waals surface area contributed by atoms with Gasteiger partial charge in [-0.2, -0.15) is 13.2 Å². The molecule has 0 saturated carbocycles. The summed E-state index contributed by atoms with van der Waals surface area (Å²) in [6, 6.07) is 5.80. The third-order valence-electron chi connectivity index (χ3n) is 7.34. The average Bonchev–Trinajstić information content (AvgIpc) is 3.29. The van der Waals surface area contributed by atoms with E-state index in [2.05, 4.69) is 20.4 Å². The summed E-state index contributed by atoms with van der Waals surface area (Å²) in [7, 11) is 0. The second-order valence-electron chi connectivity index (χ2n) is 10.1. The van der Waals surface area contributed by atoms with Gasteiger partial charge in [-0.1, -0.05) is 0 Å². The van der Waals surface area contributed by atoms with Crippen LogP contribution in [0.4, 0.5) is 33.6 Å². The van der Waals surface area contributed by atoms with Crippen molar-refractivity contribution in [1.29, 1.82) is 0 Å². The molecular formula is C26H30F5N7. The second-order valence-corrected chi connectivity index (χ2v) is 10.1. The minimum Gasteiger partial charge on any atom is -0.350 e. The van der Waals surface area contributed by atoms with Gasteiger partial charge in [0.1, 0.15) is 0 Å². The minimum atomic E-state index is -4.13. The topological polar surface area (TPSA) is 70.7 Å². The summed E-state index contributed by atoms with van der Waals surface area (Å²) in [6.07, 6.45) is -1.45. The Morgan fingerprint density at radius 3 is 2.66 bits per heavy atom. The number of hydrogen-bond donors (Lipinski definition) is 1. The zero-order chi connectivity index (χ0) is 26.9. The van der Waals surface area contributed by atoms with Crippen LogP contribution < -0.4 is 5.32 Å². The van der Waals surface area contributed by atoms with E-state index in [4.69, 9.17) is 4.98 Å². The Hall–Kier alpha value is -3.15. The average molecular weight is 536 g/mol. The highest BCUT2D eigenvalue weighted by Gasteiger charge is 2.29. The van der Waals surface area contributed by atoms with E-state index in [0.717, 1.165) is 46.7 Å². The Bertz CT molecular complexity index is 1290. The molecule has 0 aliphatic carbocycles. The summed E-state index contributed by atoms with van der Waals surface area (Å²) < 4.78 is 64.6. The third-order valence-corrected chi connectivity index (χ3v) is 7.34. The number of hydrogen-bond acceptors (Lipinski definition) is 6.